The molecule has 49 heavy (non-hydrogen) atoms. The number of Topliss-reactive ketones (excluding diaryl/α,β-unsaturated/α-hetero) is 1. The van der Waals surface area contributed by atoms with Gasteiger partial charge in [-0.15, -0.1) is 11.3 Å². The molecule has 1 aromatic heterocycles. The van der Waals surface area contributed by atoms with Crippen LogP contribution in [0.5, 0.6) is 0 Å². The molecule has 6 nitrogen and oxygen atoms in total. The number of hydrogen-bond donors (Lipinski definition) is 4. The first-order valence-electron chi connectivity index (χ1n) is 18.3. The Balaban J connectivity index is 1.19. The molecule has 0 radical (unpaired) electrons. The summed E-state index contributed by atoms with van der Waals surface area (Å²) in [4.78, 5) is 18.8. The summed E-state index contributed by atoms with van der Waals surface area (Å²) in [5.74, 6) is 0.406. The Bertz CT molecular complexity index is 1840. The third kappa shape index (κ3) is 4.79. The maximum Gasteiger partial charge on any atom is 0.199 e. The molecule has 1 heterocycles. The Morgan fingerprint density at radius 3 is 2.47 bits per heavy atom. The predicted molar refractivity (Wildman–Crippen MR) is 194 cm³/mol. The van der Waals surface area contributed by atoms with Crippen LogP contribution < -0.4 is 0 Å². The van der Waals surface area contributed by atoms with E-state index in [-0.39, 0.29) is 47.7 Å². The van der Waals surface area contributed by atoms with Crippen LogP contribution in [0, 0.1) is 40.4 Å². The molecule has 9 atom stereocenters. The maximum atomic E-state index is 14.7. The molecule has 0 amide bonds. The molecular formula is C42H51NO5S. The van der Waals surface area contributed by atoms with Gasteiger partial charge in [0.1, 0.15) is 0 Å². The van der Waals surface area contributed by atoms with Crippen molar-refractivity contribution in [1.82, 2.24) is 4.90 Å². The largest absolute Gasteiger partial charge is 0.394 e. The summed E-state index contributed by atoms with van der Waals surface area (Å²) >= 11 is 1.56. The van der Waals surface area contributed by atoms with Crippen molar-refractivity contribution in [3.63, 3.8) is 0 Å². The van der Waals surface area contributed by atoms with Crippen LogP contribution in [0.3, 0.4) is 0 Å². The normalized spacial score (nSPS) is 38.3. The van der Waals surface area contributed by atoms with E-state index < -0.39 is 22.5 Å². The molecule has 4 N–H and O–H groups in total. The number of fused-ring (bicyclic) bond motifs is 2. The van der Waals surface area contributed by atoms with E-state index in [1.165, 1.54) is 0 Å². The topological polar surface area (TPSA) is 101 Å². The summed E-state index contributed by atoms with van der Waals surface area (Å²) in [6.07, 6.45) is 11.2. The van der Waals surface area contributed by atoms with E-state index >= 15 is 0 Å². The highest BCUT2D eigenvalue weighted by Gasteiger charge is 2.74. The number of carbonyl (C=O) groups excluding carboxylic acids is 1. The molecule has 3 fully saturated rings. The van der Waals surface area contributed by atoms with Crippen molar-refractivity contribution in [2.24, 2.45) is 33.5 Å². The van der Waals surface area contributed by atoms with Crippen molar-refractivity contribution >= 4 is 27.9 Å². The fourth-order valence-electron chi connectivity index (χ4n) is 11.9. The van der Waals surface area contributed by atoms with E-state index in [9.17, 15) is 25.2 Å². The molecule has 2 bridgehead atoms. The maximum absolute atomic E-state index is 14.7. The van der Waals surface area contributed by atoms with Gasteiger partial charge in [0.15, 0.2) is 5.78 Å². The van der Waals surface area contributed by atoms with Gasteiger partial charge in [-0.3, -0.25) is 9.69 Å². The number of carbonyl (C=O) groups is 1. The summed E-state index contributed by atoms with van der Waals surface area (Å²) in [6, 6.07) is 18.6. The molecule has 6 aliphatic carbocycles. The van der Waals surface area contributed by atoms with Crippen molar-refractivity contribution in [2.75, 3.05) is 19.7 Å². The third-order valence-corrected chi connectivity index (χ3v) is 15.4. The minimum absolute atomic E-state index is 0.0559. The molecule has 260 valence electrons. The Labute approximate surface area is 294 Å². The first-order valence-corrected chi connectivity index (χ1v) is 19.1. The standard InChI is InChI=1S/C42H51NO5S/c1-27-11-12-34(49-27)37(47)33-22-40-19-20-42(33)35(38(40,2)16-13-30(45)21-40)14-17-39(3)36(42)15-18-41(39,48)26-43(24-31(46)25-44)23-29-9-6-8-28-7-4-5-10-32(28)29/h4-12,19-20,22,30-31,35-36,44-46,48H,13-18,21,23-26H2,1-3H3. The molecule has 7 heteroatoms. The quantitative estimate of drug-likeness (QED) is 0.146. The Kier molecular flexibility index (Phi) is 7.99. The fraction of sp³-hybridized carbons (Fsp3) is 0.548. The van der Waals surface area contributed by atoms with Crippen LogP contribution in [0.25, 0.3) is 10.8 Å². The van der Waals surface area contributed by atoms with Crippen LogP contribution in [0.2, 0.25) is 0 Å². The highest BCUT2D eigenvalue weighted by atomic mass is 32.1. The van der Waals surface area contributed by atoms with E-state index in [0.29, 0.717) is 25.9 Å². The van der Waals surface area contributed by atoms with Gasteiger partial charge >= 0.3 is 0 Å². The van der Waals surface area contributed by atoms with Gasteiger partial charge in [0, 0.05) is 46.3 Å². The number of benzene rings is 2. The lowest BCUT2D eigenvalue weighted by Crippen LogP contribution is -2.67. The molecular weight excluding hydrogens is 631 g/mol. The summed E-state index contributed by atoms with van der Waals surface area (Å²) < 4.78 is 0. The number of aliphatic hydroxyl groups excluding tert-OH is 3. The van der Waals surface area contributed by atoms with Gasteiger partial charge in [-0.05, 0) is 97.6 Å². The minimum atomic E-state index is -1.06. The zero-order valence-corrected chi connectivity index (χ0v) is 29.9. The van der Waals surface area contributed by atoms with Crippen LogP contribution in [0.15, 0.2) is 78.4 Å². The van der Waals surface area contributed by atoms with Crippen molar-refractivity contribution in [3.05, 3.63) is 93.7 Å². The molecule has 3 aromatic rings. The number of aliphatic hydroxyl groups is 4. The molecule has 3 saturated carbocycles. The summed E-state index contributed by atoms with van der Waals surface area (Å²) in [5.41, 5.74) is -0.470. The first kappa shape index (κ1) is 33.5. The molecule has 9 rings (SSSR count). The van der Waals surface area contributed by atoms with Gasteiger partial charge in [-0.1, -0.05) is 74.5 Å². The minimum Gasteiger partial charge on any atom is -0.394 e. The molecule has 2 spiro atoms. The van der Waals surface area contributed by atoms with Gasteiger partial charge in [0.2, 0.25) is 0 Å². The van der Waals surface area contributed by atoms with E-state index in [4.69, 9.17) is 0 Å². The van der Waals surface area contributed by atoms with Crippen LogP contribution in [-0.4, -0.2) is 68.6 Å². The number of hydrogen-bond acceptors (Lipinski definition) is 7. The van der Waals surface area contributed by atoms with Gasteiger partial charge in [-0.2, -0.15) is 0 Å². The van der Waals surface area contributed by atoms with E-state index in [1.807, 2.05) is 31.2 Å². The number of aryl methyl sites for hydroxylation is 1. The lowest BCUT2D eigenvalue weighted by atomic mass is 9.32. The van der Waals surface area contributed by atoms with Crippen molar-refractivity contribution in [3.8, 4) is 0 Å². The Morgan fingerprint density at radius 1 is 0.959 bits per heavy atom. The second-order valence-electron chi connectivity index (χ2n) is 16.7. The second-order valence-corrected chi connectivity index (χ2v) is 18.0. The van der Waals surface area contributed by atoms with Crippen molar-refractivity contribution in [2.45, 2.75) is 90.1 Å². The molecule has 6 aliphatic rings. The molecule has 0 saturated heterocycles. The highest BCUT2D eigenvalue weighted by molar-refractivity contribution is 7.14. The van der Waals surface area contributed by atoms with Gasteiger partial charge in [0.25, 0.3) is 0 Å². The van der Waals surface area contributed by atoms with E-state index in [1.54, 1.807) is 11.3 Å². The van der Waals surface area contributed by atoms with Crippen molar-refractivity contribution in [1.29, 1.82) is 0 Å². The van der Waals surface area contributed by atoms with E-state index in [2.05, 4.69) is 67.3 Å². The van der Waals surface area contributed by atoms with Gasteiger partial charge in [-0.25, -0.2) is 0 Å². The van der Waals surface area contributed by atoms with E-state index in [0.717, 1.165) is 63.8 Å². The van der Waals surface area contributed by atoms with Crippen LogP contribution in [0.4, 0.5) is 0 Å². The fourth-order valence-corrected chi connectivity index (χ4v) is 12.7. The summed E-state index contributed by atoms with van der Waals surface area (Å²) in [5, 5.41) is 46.9. The highest BCUT2D eigenvalue weighted by Crippen LogP contribution is 2.78. The predicted octanol–water partition coefficient (Wildman–Crippen LogP) is 6.84. The SMILES string of the molecule is Cc1ccc(C(=O)C2=CC34C=CC25C(CCC2(C)C5CCC2(O)CN(Cc2cccc5ccccc25)CC(O)CO)C3(C)CCC(O)C4)s1. The zero-order chi connectivity index (χ0) is 34.4. The molecule has 0 aliphatic heterocycles. The second kappa shape index (κ2) is 11.7. The molecule has 9 unspecified atom stereocenters. The lowest BCUT2D eigenvalue weighted by molar-refractivity contribution is -0.177. The Morgan fingerprint density at radius 2 is 1.69 bits per heavy atom. The molecule has 2 aromatic carbocycles. The average molecular weight is 682 g/mol. The smallest absolute Gasteiger partial charge is 0.199 e. The summed E-state index contributed by atoms with van der Waals surface area (Å²) in [7, 11) is 0. The van der Waals surface area contributed by atoms with Gasteiger partial charge in [0.05, 0.1) is 29.3 Å². The average Bonchev–Trinajstić information content (AvgIpc) is 3.64. The number of allylic oxidation sites excluding steroid dienone is 4. The summed E-state index contributed by atoms with van der Waals surface area (Å²) in [6.45, 7) is 7.55. The monoisotopic (exact) mass is 681 g/mol. The van der Waals surface area contributed by atoms with Crippen LogP contribution in [0.1, 0.15) is 78.9 Å². The number of rotatable bonds is 9. The number of thiophene rings is 1. The van der Waals surface area contributed by atoms with Crippen LogP contribution in [-0.2, 0) is 6.54 Å². The first-order chi connectivity index (χ1) is 23.4. The van der Waals surface area contributed by atoms with Crippen LogP contribution >= 0.6 is 11.3 Å². The third-order valence-electron chi connectivity index (χ3n) is 14.4. The number of nitrogens with zero attached hydrogens (tertiary/aromatic N) is 1. The lowest BCUT2D eigenvalue weighted by Gasteiger charge is -2.71. The zero-order valence-electron chi connectivity index (χ0n) is 29.1. The Hall–Kier alpha value is -2.65. The van der Waals surface area contributed by atoms with Crippen molar-refractivity contribution < 1.29 is 25.2 Å². The number of ketones is 1. The van der Waals surface area contributed by atoms with Gasteiger partial charge < -0.3 is 20.4 Å².